The molecule has 3 nitrogen and oxygen atoms in total. The summed E-state index contributed by atoms with van der Waals surface area (Å²) in [5, 5.41) is 0. The zero-order valence-corrected chi connectivity index (χ0v) is 15.0. The highest BCUT2D eigenvalue weighted by Crippen LogP contribution is 2.38. The third-order valence-electron chi connectivity index (χ3n) is 4.07. The van der Waals surface area contributed by atoms with Gasteiger partial charge in [-0.15, -0.1) is 24.8 Å². The molecule has 0 bridgehead atoms. The Morgan fingerprint density at radius 3 is 1.83 bits per heavy atom. The van der Waals surface area contributed by atoms with Crippen molar-refractivity contribution in [2.24, 2.45) is 5.73 Å². The molecular weight excluding hydrogens is 341 g/mol. The van der Waals surface area contributed by atoms with Gasteiger partial charge < -0.3 is 10.7 Å². The van der Waals surface area contributed by atoms with Gasteiger partial charge in [0, 0.05) is 24.2 Å². The van der Waals surface area contributed by atoms with Gasteiger partial charge in [-0.25, -0.2) is 4.98 Å². The van der Waals surface area contributed by atoms with Crippen LogP contribution in [0.1, 0.15) is 35.2 Å². The van der Waals surface area contributed by atoms with Crippen molar-refractivity contribution in [1.82, 2.24) is 9.97 Å². The lowest BCUT2D eigenvalue weighted by Crippen LogP contribution is -2.18. The number of H-pyrrole nitrogens is 1. The number of hydrogen-bond donors (Lipinski definition) is 2. The molecular formula is C19H23Cl2N3. The number of nitrogens with one attached hydrogen (secondary N) is 1. The number of nitrogens with two attached hydrogens (primary N) is 1. The topological polar surface area (TPSA) is 54.7 Å². The summed E-state index contributed by atoms with van der Waals surface area (Å²) >= 11 is 0. The van der Waals surface area contributed by atoms with Crippen LogP contribution in [0.2, 0.25) is 0 Å². The van der Waals surface area contributed by atoms with Crippen molar-refractivity contribution < 1.29 is 0 Å². The van der Waals surface area contributed by atoms with Gasteiger partial charge in [-0.3, -0.25) is 0 Å². The summed E-state index contributed by atoms with van der Waals surface area (Å²) in [6.07, 6.45) is 4.58. The number of imidazole rings is 1. The summed E-state index contributed by atoms with van der Waals surface area (Å²) in [5.74, 6) is 1.49. The van der Waals surface area contributed by atoms with Crippen molar-refractivity contribution in [2.45, 2.75) is 18.3 Å². The van der Waals surface area contributed by atoms with Crippen LogP contribution in [0.15, 0.2) is 73.1 Å². The summed E-state index contributed by atoms with van der Waals surface area (Å²) in [4.78, 5) is 7.77. The highest BCUT2D eigenvalue weighted by atomic mass is 35.5. The minimum Gasteiger partial charge on any atom is -0.348 e. The van der Waals surface area contributed by atoms with Crippen LogP contribution in [-0.4, -0.2) is 16.5 Å². The minimum absolute atomic E-state index is 0. The van der Waals surface area contributed by atoms with E-state index in [4.69, 9.17) is 5.73 Å². The molecule has 0 radical (unpaired) electrons. The fraction of sp³-hybridized carbons (Fsp3) is 0.211. The predicted molar refractivity (Wildman–Crippen MR) is 104 cm³/mol. The van der Waals surface area contributed by atoms with Gasteiger partial charge in [0.15, 0.2) is 0 Å². The van der Waals surface area contributed by atoms with E-state index < -0.39 is 0 Å². The van der Waals surface area contributed by atoms with E-state index in [1.807, 2.05) is 12.4 Å². The normalized spacial score (nSPS) is 11.4. The van der Waals surface area contributed by atoms with Gasteiger partial charge in [0.05, 0.1) is 0 Å². The SMILES string of the molecule is Cl.Cl.NCCC(c1ncc[nH]1)C(c1ccccc1)c1ccccc1. The van der Waals surface area contributed by atoms with E-state index in [1.165, 1.54) is 11.1 Å². The van der Waals surface area contributed by atoms with Crippen LogP contribution in [0, 0.1) is 0 Å². The van der Waals surface area contributed by atoms with Crippen molar-refractivity contribution in [1.29, 1.82) is 0 Å². The Morgan fingerprint density at radius 1 is 0.875 bits per heavy atom. The highest BCUT2D eigenvalue weighted by molar-refractivity contribution is 5.85. The van der Waals surface area contributed by atoms with Crippen molar-refractivity contribution in [3.8, 4) is 0 Å². The number of hydrogen-bond acceptors (Lipinski definition) is 2. The van der Waals surface area contributed by atoms with E-state index in [0.717, 1.165) is 12.2 Å². The first-order valence-electron chi connectivity index (χ1n) is 7.69. The minimum atomic E-state index is 0. The molecule has 0 spiro atoms. The molecule has 0 aliphatic heterocycles. The first-order valence-corrected chi connectivity index (χ1v) is 7.69. The Kier molecular flexibility index (Phi) is 8.55. The average molecular weight is 364 g/mol. The van der Waals surface area contributed by atoms with Crippen LogP contribution in [0.4, 0.5) is 0 Å². The summed E-state index contributed by atoms with van der Waals surface area (Å²) < 4.78 is 0. The maximum Gasteiger partial charge on any atom is 0.110 e. The second-order valence-electron chi connectivity index (χ2n) is 5.46. The van der Waals surface area contributed by atoms with Gasteiger partial charge in [0.2, 0.25) is 0 Å². The van der Waals surface area contributed by atoms with Crippen LogP contribution in [0.5, 0.6) is 0 Å². The fourth-order valence-electron chi connectivity index (χ4n) is 3.10. The summed E-state index contributed by atoms with van der Waals surface area (Å²) in [5.41, 5.74) is 8.48. The van der Waals surface area contributed by atoms with E-state index in [9.17, 15) is 0 Å². The maximum absolute atomic E-state index is 5.89. The van der Waals surface area contributed by atoms with Gasteiger partial charge in [0.25, 0.3) is 0 Å². The zero-order valence-electron chi connectivity index (χ0n) is 13.3. The molecule has 3 aromatic rings. The van der Waals surface area contributed by atoms with Crippen molar-refractivity contribution in [3.63, 3.8) is 0 Å². The Bertz CT molecular complexity index is 633. The van der Waals surface area contributed by atoms with Gasteiger partial charge in [0.1, 0.15) is 5.82 Å². The van der Waals surface area contributed by atoms with Gasteiger partial charge in [-0.2, -0.15) is 0 Å². The molecule has 128 valence electrons. The molecule has 0 saturated heterocycles. The van der Waals surface area contributed by atoms with E-state index in [-0.39, 0.29) is 36.6 Å². The van der Waals surface area contributed by atoms with Crippen molar-refractivity contribution >= 4 is 24.8 Å². The molecule has 0 aliphatic rings. The van der Waals surface area contributed by atoms with Crippen LogP contribution < -0.4 is 5.73 Å². The van der Waals surface area contributed by atoms with Crippen LogP contribution in [-0.2, 0) is 0 Å². The Morgan fingerprint density at radius 2 is 1.42 bits per heavy atom. The molecule has 2 aromatic carbocycles. The molecule has 1 unspecified atom stereocenters. The predicted octanol–water partition coefficient (Wildman–Crippen LogP) is 4.52. The monoisotopic (exact) mass is 363 g/mol. The molecule has 3 rings (SSSR count). The number of aromatic amines is 1. The number of benzene rings is 2. The Balaban J connectivity index is 0.00000144. The highest BCUT2D eigenvalue weighted by Gasteiger charge is 2.27. The van der Waals surface area contributed by atoms with Gasteiger partial charge >= 0.3 is 0 Å². The standard InChI is InChI=1S/C19H21N3.2ClH/c20-12-11-17(19-21-13-14-22-19)18(15-7-3-1-4-8-15)16-9-5-2-6-10-16;;/h1-10,13-14,17-18H,11-12,20H2,(H,21,22);2*1H. The quantitative estimate of drug-likeness (QED) is 0.676. The fourth-order valence-corrected chi connectivity index (χ4v) is 3.10. The smallest absolute Gasteiger partial charge is 0.110 e. The number of nitrogens with zero attached hydrogens (tertiary/aromatic N) is 1. The van der Waals surface area contributed by atoms with Crippen molar-refractivity contribution in [2.75, 3.05) is 6.54 Å². The maximum atomic E-state index is 5.89. The molecule has 0 fully saturated rings. The number of aromatic nitrogens is 2. The molecule has 1 aromatic heterocycles. The zero-order chi connectivity index (χ0) is 15.2. The lowest BCUT2D eigenvalue weighted by molar-refractivity contribution is 0.541. The molecule has 5 heteroatoms. The lowest BCUT2D eigenvalue weighted by atomic mass is 9.78. The number of halogens is 2. The summed E-state index contributed by atoms with van der Waals surface area (Å²) in [7, 11) is 0. The first-order chi connectivity index (χ1) is 10.9. The van der Waals surface area contributed by atoms with E-state index >= 15 is 0 Å². The molecule has 1 atom stereocenters. The second-order valence-corrected chi connectivity index (χ2v) is 5.46. The average Bonchev–Trinajstić information content (AvgIpc) is 3.11. The number of rotatable bonds is 6. The van der Waals surface area contributed by atoms with Crippen LogP contribution >= 0.6 is 24.8 Å². The van der Waals surface area contributed by atoms with Crippen LogP contribution in [0.3, 0.4) is 0 Å². The molecule has 1 heterocycles. The molecule has 0 aliphatic carbocycles. The third kappa shape index (κ3) is 4.60. The summed E-state index contributed by atoms with van der Waals surface area (Å²) in [6.45, 7) is 0.640. The molecule has 24 heavy (non-hydrogen) atoms. The Hall–Kier alpha value is -1.81. The van der Waals surface area contributed by atoms with Gasteiger partial charge in [-0.1, -0.05) is 60.7 Å². The largest absolute Gasteiger partial charge is 0.348 e. The third-order valence-corrected chi connectivity index (χ3v) is 4.07. The first kappa shape index (κ1) is 20.2. The summed E-state index contributed by atoms with van der Waals surface area (Å²) in [6, 6.07) is 21.2. The van der Waals surface area contributed by atoms with Crippen LogP contribution in [0.25, 0.3) is 0 Å². The molecule has 0 saturated carbocycles. The second kappa shape index (κ2) is 10.1. The van der Waals surface area contributed by atoms with Gasteiger partial charge in [-0.05, 0) is 24.1 Å². The van der Waals surface area contributed by atoms with E-state index in [1.54, 1.807) is 0 Å². The molecule has 3 N–H and O–H groups in total. The molecule has 0 amide bonds. The van der Waals surface area contributed by atoms with E-state index in [2.05, 4.69) is 70.6 Å². The van der Waals surface area contributed by atoms with Crippen molar-refractivity contribution in [3.05, 3.63) is 90.0 Å². The Labute approximate surface area is 155 Å². The lowest BCUT2D eigenvalue weighted by Gasteiger charge is -2.26. The van der Waals surface area contributed by atoms with E-state index in [0.29, 0.717) is 6.54 Å².